The van der Waals surface area contributed by atoms with E-state index in [0.717, 1.165) is 11.5 Å². The number of carbonyl (C=O) groups is 1. The molecule has 2 N–H and O–H groups in total. The molecule has 1 heterocycles. The molecule has 0 aliphatic carbocycles. The van der Waals surface area contributed by atoms with Gasteiger partial charge in [0.2, 0.25) is 5.95 Å². The third kappa shape index (κ3) is 4.54. The number of nitrogens with zero attached hydrogens (tertiary/aromatic N) is 2. The molecule has 6 nitrogen and oxygen atoms in total. The van der Waals surface area contributed by atoms with Crippen molar-refractivity contribution in [2.45, 2.75) is 6.54 Å². The minimum Gasteiger partial charge on any atom is -0.465 e. The standard InChI is InChI=1S/C19H18N4O2/c1-25-18(24)15-7-9-16(10-8-15)22-19-20-12-11-17(23-19)21-13-14-5-3-2-4-6-14/h2-12H,13H2,1H3,(H2,20,21,22,23). The summed E-state index contributed by atoms with van der Waals surface area (Å²) in [5.41, 5.74) is 2.45. The van der Waals surface area contributed by atoms with Crippen LogP contribution in [0.1, 0.15) is 15.9 Å². The van der Waals surface area contributed by atoms with E-state index in [4.69, 9.17) is 0 Å². The van der Waals surface area contributed by atoms with Crippen molar-refractivity contribution in [2.24, 2.45) is 0 Å². The fraction of sp³-hybridized carbons (Fsp3) is 0.105. The molecule has 0 aliphatic heterocycles. The van der Waals surface area contributed by atoms with Gasteiger partial charge in [-0.3, -0.25) is 0 Å². The fourth-order valence-electron chi connectivity index (χ4n) is 2.24. The highest BCUT2D eigenvalue weighted by Crippen LogP contribution is 2.16. The van der Waals surface area contributed by atoms with Gasteiger partial charge in [-0.15, -0.1) is 0 Å². The van der Waals surface area contributed by atoms with Crippen LogP contribution in [0.25, 0.3) is 0 Å². The predicted molar refractivity (Wildman–Crippen MR) is 96.9 cm³/mol. The molecule has 126 valence electrons. The Hall–Kier alpha value is -3.41. The van der Waals surface area contributed by atoms with Crippen LogP contribution in [0.3, 0.4) is 0 Å². The van der Waals surface area contributed by atoms with Crippen LogP contribution in [0.4, 0.5) is 17.5 Å². The summed E-state index contributed by atoms with van der Waals surface area (Å²) in [6, 6.07) is 18.8. The Balaban J connectivity index is 1.64. The third-order valence-electron chi connectivity index (χ3n) is 3.53. The summed E-state index contributed by atoms with van der Waals surface area (Å²) in [7, 11) is 1.36. The zero-order valence-corrected chi connectivity index (χ0v) is 13.8. The van der Waals surface area contributed by atoms with E-state index in [-0.39, 0.29) is 5.97 Å². The van der Waals surface area contributed by atoms with Crippen molar-refractivity contribution < 1.29 is 9.53 Å². The summed E-state index contributed by atoms with van der Waals surface area (Å²) >= 11 is 0. The van der Waals surface area contributed by atoms with Gasteiger partial charge < -0.3 is 15.4 Å². The fourth-order valence-corrected chi connectivity index (χ4v) is 2.24. The maximum Gasteiger partial charge on any atom is 0.337 e. The molecule has 0 amide bonds. The van der Waals surface area contributed by atoms with E-state index in [2.05, 4.69) is 37.5 Å². The zero-order valence-electron chi connectivity index (χ0n) is 13.8. The van der Waals surface area contributed by atoms with Gasteiger partial charge in [0.05, 0.1) is 12.7 Å². The molecule has 1 aromatic heterocycles. The van der Waals surface area contributed by atoms with Crippen LogP contribution in [0.15, 0.2) is 66.9 Å². The van der Waals surface area contributed by atoms with E-state index in [1.807, 2.05) is 24.3 Å². The molecule has 3 aromatic rings. The number of nitrogens with one attached hydrogen (secondary N) is 2. The third-order valence-corrected chi connectivity index (χ3v) is 3.53. The van der Waals surface area contributed by atoms with Crippen LogP contribution in [0, 0.1) is 0 Å². The number of hydrogen-bond acceptors (Lipinski definition) is 6. The van der Waals surface area contributed by atoms with Crippen LogP contribution in [-0.2, 0) is 11.3 Å². The monoisotopic (exact) mass is 334 g/mol. The summed E-state index contributed by atoms with van der Waals surface area (Å²) in [6.45, 7) is 0.686. The van der Waals surface area contributed by atoms with Crippen molar-refractivity contribution in [2.75, 3.05) is 17.7 Å². The Morgan fingerprint density at radius 3 is 2.52 bits per heavy atom. The average molecular weight is 334 g/mol. The first-order chi connectivity index (χ1) is 12.2. The van der Waals surface area contributed by atoms with Crippen molar-refractivity contribution in [1.29, 1.82) is 0 Å². The van der Waals surface area contributed by atoms with Crippen molar-refractivity contribution in [3.63, 3.8) is 0 Å². The molecule has 0 saturated carbocycles. The summed E-state index contributed by atoms with van der Waals surface area (Å²) in [6.07, 6.45) is 1.69. The van der Waals surface area contributed by atoms with Crippen LogP contribution >= 0.6 is 0 Å². The van der Waals surface area contributed by atoms with E-state index in [1.54, 1.807) is 30.5 Å². The summed E-state index contributed by atoms with van der Waals surface area (Å²) < 4.78 is 4.68. The van der Waals surface area contributed by atoms with Gasteiger partial charge in [0.1, 0.15) is 5.82 Å². The normalized spacial score (nSPS) is 10.1. The lowest BCUT2D eigenvalue weighted by atomic mass is 10.2. The first-order valence-electron chi connectivity index (χ1n) is 7.81. The second-order valence-corrected chi connectivity index (χ2v) is 5.30. The number of ether oxygens (including phenoxy) is 1. The minimum absolute atomic E-state index is 0.366. The molecule has 0 spiro atoms. The molecular weight excluding hydrogens is 316 g/mol. The van der Waals surface area contributed by atoms with Gasteiger partial charge in [-0.2, -0.15) is 4.98 Å². The largest absolute Gasteiger partial charge is 0.465 e. The summed E-state index contributed by atoms with van der Waals surface area (Å²) in [5, 5.41) is 6.38. The molecule has 0 atom stereocenters. The lowest BCUT2D eigenvalue weighted by molar-refractivity contribution is 0.0601. The van der Waals surface area contributed by atoms with E-state index >= 15 is 0 Å². The quantitative estimate of drug-likeness (QED) is 0.671. The number of aromatic nitrogens is 2. The summed E-state index contributed by atoms with van der Waals surface area (Å²) in [4.78, 5) is 20.1. The second-order valence-electron chi connectivity index (χ2n) is 5.30. The van der Waals surface area contributed by atoms with Gasteiger partial charge in [-0.25, -0.2) is 9.78 Å². The number of rotatable bonds is 6. The maximum absolute atomic E-state index is 11.4. The van der Waals surface area contributed by atoms with Crippen molar-refractivity contribution in [1.82, 2.24) is 9.97 Å². The maximum atomic E-state index is 11.4. The van der Waals surface area contributed by atoms with Crippen LogP contribution in [0.5, 0.6) is 0 Å². The molecular formula is C19H18N4O2. The molecule has 0 radical (unpaired) electrons. The Morgan fingerprint density at radius 1 is 1.04 bits per heavy atom. The van der Waals surface area contributed by atoms with Crippen molar-refractivity contribution in [3.8, 4) is 0 Å². The van der Waals surface area contributed by atoms with Gasteiger partial charge in [-0.05, 0) is 35.9 Å². The smallest absolute Gasteiger partial charge is 0.337 e. The highest BCUT2D eigenvalue weighted by Gasteiger charge is 2.05. The van der Waals surface area contributed by atoms with E-state index in [1.165, 1.54) is 12.7 Å². The molecule has 3 rings (SSSR count). The number of methoxy groups -OCH3 is 1. The SMILES string of the molecule is COC(=O)c1ccc(Nc2nccc(NCc3ccccc3)n2)cc1. The lowest BCUT2D eigenvalue weighted by Gasteiger charge is -2.09. The van der Waals surface area contributed by atoms with Gasteiger partial charge >= 0.3 is 5.97 Å². The number of carbonyl (C=O) groups excluding carboxylic acids is 1. The molecule has 2 aromatic carbocycles. The number of esters is 1. The highest BCUT2D eigenvalue weighted by molar-refractivity contribution is 5.89. The second kappa shape index (κ2) is 7.92. The Labute approximate surface area is 145 Å². The van der Waals surface area contributed by atoms with Gasteiger partial charge in [0.15, 0.2) is 0 Å². The number of benzene rings is 2. The number of anilines is 3. The van der Waals surface area contributed by atoms with Gasteiger partial charge in [0, 0.05) is 18.4 Å². The zero-order chi connectivity index (χ0) is 17.5. The van der Waals surface area contributed by atoms with E-state index in [9.17, 15) is 4.79 Å². The van der Waals surface area contributed by atoms with Crippen LogP contribution in [0.2, 0.25) is 0 Å². The molecule has 6 heteroatoms. The lowest BCUT2D eigenvalue weighted by Crippen LogP contribution is -2.04. The van der Waals surface area contributed by atoms with Crippen molar-refractivity contribution >= 4 is 23.4 Å². The van der Waals surface area contributed by atoms with E-state index < -0.39 is 0 Å². The molecule has 0 bridgehead atoms. The molecule has 0 fully saturated rings. The first kappa shape index (κ1) is 16.4. The van der Waals surface area contributed by atoms with Crippen LogP contribution in [-0.4, -0.2) is 23.0 Å². The molecule has 0 unspecified atom stereocenters. The van der Waals surface area contributed by atoms with Crippen LogP contribution < -0.4 is 10.6 Å². The number of hydrogen-bond donors (Lipinski definition) is 2. The summed E-state index contributed by atoms with van der Waals surface area (Å²) in [5.74, 6) is 0.839. The van der Waals surface area contributed by atoms with E-state index in [0.29, 0.717) is 18.1 Å². The molecule has 0 saturated heterocycles. The van der Waals surface area contributed by atoms with Gasteiger partial charge in [0.25, 0.3) is 0 Å². The first-order valence-corrected chi connectivity index (χ1v) is 7.81. The average Bonchev–Trinajstić information content (AvgIpc) is 2.67. The Bertz CT molecular complexity index is 836. The molecule has 25 heavy (non-hydrogen) atoms. The highest BCUT2D eigenvalue weighted by atomic mass is 16.5. The molecule has 0 aliphatic rings. The Kier molecular flexibility index (Phi) is 5.21. The topological polar surface area (TPSA) is 76.1 Å². The minimum atomic E-state index is -0.366. The Morgan fingerprint density at radius 2 is 1.80 bits per heavy atom. The van der Waals surface area contributed by atoms with Crippen molar-refractivity contribution in [3.05, 3.63) is 78.0 Å². The van der Waals surface area contributed by atoms with Gasteiger partial charge in [-0.1, -0.05) is 30.3 Å². The predicted octanol–water partition coefficient (Wildman–Crippen LogP) is 3.62.